The molecule has 1 aliphatic carbocycles. The molecule has 9 heteroatoms. The van der Waals surface area contributed by atoms with Crippen LogP contribution in [0.15, 0.2) is 18.2 Å². The Morgan fingerprint density at radius 1 is 1.04 bits per heavy atom. The zero-order valence-corrected chi connectivity index (χ0v) is 15.4. The molecule has 146 valence electrons. The maximum atomic E-state index is 11.8. The van der Waals surface area contributed by atoms with E-state index in [0.717, 1.165) is 18.9 Å². The summed E-state index contributed by atoms with van der Waals surface area (Å²) in [6.45, 7) is -0.565. The van der Waals surface area contributed by atoms with Crippen molar-refractivity contribution in [1.29, 1.82) is 0 Å². The third kappa shape index (κ3) is 6.21. The minimum absolute atomic E-state index is 0.125. The topological polar surface area (TPSA) is 112 Å². The van der Waals surface area contributed by atoms with E-state index < -0.39 is 24.5 Å². The molecular formula is C18H22N2O7. The van der Waals surface area contributed by atoms with Gasteiger partial charge >= 0.3 is 12.0 Å². The van der Waals surface area contributed by atoms with Crippen LogP contribution in [0.2, 0.25) is 0 Å². The molecule has 0 unspecified atom stereocenters. The third-order valence-electron chi connectivity index (χ3n) is 3.65. The van der Waals surface area contributed by atoms with Gasteiger partial charge in [0.2, 0.25) is 0 Å². The van der Waals surface area contributed by atoms with E-state index in [1.807, 2.05) is 0 Å². The molecule has 1 saturated carbocycles. The first-order valence-electron chi connectivity index (χ1n) is 8.22. The molecule has 1 fully saturated rings. The molecule has 27 heavy (non-hydrogen) atoms. The van der Waals surface area contributed by atoms with Gasteiger partial charge in [-0.3, -0.25) is 10.1 Å². The monoisotopic (exact) mass is 378 g/mol. The average molecular weight is 378 g/mol. The Bertz CT molecular complexity index is 741. The molecule has 0 radical (unpaired) electrons. The van der Waals surface area contributed by atoms with E-state index in [2.05, 4.69) is 10.6 Å². The lowest BCUT2D eigenvalue weighted by Crippen LogP contribution is -2.42. The van der Waals surface area contributed by atoms with Crippen molar-refractivity contribution >= 4 is 24.0 Å². The number of hydrogen-bond acceptors (Lipinski definition) is 7. The maximum Gasteiger partial charge on any atom is 0.331 e. The number of ether oxygens (including phenoxy) is 4. The second-order valence-electron chi connectivity index (χ2n) is 5.69. The van der Waals surface area contributed by atoms with Crippen molar-refractivity contribution in [3.05, 3.63) is 23.8 Å². The van der Waals surface area contributed by atoms with Crippen LogP contribution in [0.5, 0.6) is 17.2 Å². The lowest BCUT2D eigenvalue weighted by molar-refractivity contribution is -0.143. The number of amides is 3. The van der Waals surface area contributed by atoms with Crippen molar-refractivity contribution in [2.24, 2.45) is 0 Å². The summed E-state index contributed by atoms with van der Waals surface area (Å²) in [6.07, 6.45) is 4.41. The maximum absolute atomic E-state index is 11.8. The fourth-order valence-electron chi connectivity index (χ4n) is 2.14. The van der Waals surface area contributed by atoms with Gasteiger partial charge in [-0.2, -0.15) is 0 Å². The zero-order chi connectivity index (χ0) is 19.8. The number of urea groups is 1. The summed E-state index contributed by atoms with van der Waals surface area (Å²) in [6, 6.07) is 2.79. The molecule has 0 heterocycles. The molecule has 1 aliphatic rings. The van der Waals surface area contributed by atoms with Gasteiger partial charge in [0, 0.05) is 23.7 Å². The number of rotatable bonds is 8. The first-order chi connectivity index (χ1) is 13.0. The molecule has 0 atom stereocenters. The van der Waals surface area contributed by atoms with Crippen LogP contribution < -0.4 is 24.8 Å². The summed E-state index contributed by atoms with van der Waals surface area (Å²) in [5.74, 6) is -0.0445. The molecule has 0 spiro atoms. The normalized spacial score (nSPS) is 13.0. The van der Waals surface area contributed by atoms with Crippen molar-refractivity contribution in [2.75, 3.05) is 27.9 Å². The second-order valence-corrected chi connectivity index (χ2v) is 5.69. The highest BCUT2D eigenvalue weighted by Crippen LogP contribution is 2.35. The zero-order valence-electron chi connectivity index (χ0n) is 15.4. The molecule has 1 aromatic rings. The largest absolute Gasteiger partial charge is 0.496 e. The van der Waals surface area contributed by atoms with Crippen molar-refractivity contribution in [1.82, 2.24) is 10.6 Å². The molecule has 9 nitrogen and oxygen atoms in total. The van der Waals surface area contributed by atoms with Gasteiger partial charge in [-0.15, -0.1) is 0 Å². The molecule has 2 rings (SSSR count). The SMILES string of the molecule is COc1cc(OC)c(OC)cc1/C=C/C(=O)OCC(=O)NC(=O)NC1CC1. The van der Waals surface area contributed by atoms with E-state index in [4.69, 9.17) is 18.9 Å². The van der Waals surface area contributed by atoms with Crippen LogP contribution in [0.4, 0.5) is 4.79 Å². The van der Waals surface area contributed by atoms with Gasteiger partial charge in [-0.1, -0.05) is 0 Å². The van der Waals surface area contributed by atoms with Crippen molar-refractivity contribution in [3.63, 3.8) is 0 Å². The van der Waals surface area contributed by atoms with Gasteiger partial charge in [-0.25, -0.2) is 9.59 Å². The lowest BCUT2D eigenvalue weighted by Gasteiger charge is -2.12. The van der Waals surface area contributed by atoms with Crippen LogP contribution in [-0.4, -0.2) is 51.9 Å². The van der Waals surface area contributed by atoms with E-state index in [9.17, 15) is 14.4 Å². The van der Waals surface area contributed by atoms with E-state index in [-0.39, 0.29) is 6.04 Å². The molecule has 3 amide bonds. The van der Waals surface area contributed by atoms with Gasteiger partial charge < -0.3 is 24.3 Å². The Labute approximate surface area is 156 Å². The number of carbonyl (C=O) groups is 3. The Morgan fingerprint density at radius 3 is 2.26 bits per heavy atom. The van der Waals surface area contributed by atoms with Crippen LogP contribution in [-0.2, 0) is 14.3 Å². The smallest absolute Gasteiger partial charge is 0.331 e. The Kier molecular flexibility index (Phi) is 7.04. The first kappa shape index (κ1) is 20.1. The summed E-state index contributed by atoms with van der Waals surface area (Å²) < 4.78 is 20.5. The van der Waals surface area contributed by atoms with Crippen LogP contribution >= 0.6 is 0 Å². The van der Waals surface area contributed by atoms with Crippen molar-refractivity contribution < 1.29 is 33.3 Å². The van der Waals surface area contributed by atoms with E-state index >= 15 is 0 Å². The standard InChI is InChI=1S/C18H22N2O7/c1-24-13-9-15(26-3)14(25-2)8-11(13)4-7-17(22)27-10-16(21)20-18(23)19-12-5-6-12/h4,7-9,12H,5-6,10H2,1-3H3,(H2,19,20,21,23)/b7-4+. The third-order valence-corrected chi connectivity index (χ3v) is 3.65. The summed E-state index contributed by atoms with van der Waals surface area (Å²) in [5.41, 5.74) is 0.556. The fraction of sp³-hybridized carbons (Fsp3) is 0.389. The summed E-state index contributed by atoms with van der Waals surface area (Å²) in [7, 11) is 4.47. The lowest BCUT2D eigenvalue weighted by atomic mass is 10.1. The summed E-state index contributed by atoms with van der Waals surface area (Å²) >= 11 is 0. The molecule has 0 aliphatic heterocycles. The highest BCUT2D eigenvalue weighted by Gasteiger charge is 2.24. The summed E-state index contributed by atoms with van der Waals surface area (Å²) in [5, 5.41) is 4.68. The second kappa shape index (κ2) is 9.46. The van der Waals surface area contributed by atoms with E-state index in [0.29, 0.717) is 22.8 Å². The number of imide groups is 1. The van der Waals surface area contributed by atoms with Crippen LogP contribution in [0, 0.1) is 0 Å². The fourth-order valence-corrected chi connectivity index (χ4v) is 2.14. The van der Waals surface area contributed by atoms with E-state index in [1.165, 1.54) is 27.4 Å². The van der Waals surface area contributed by atoms with Crippen molar-refractivity contribution in [3.8, 4) is 17.2 Å². The number of methoxy groups -OCH3 is 3. The van der Waals surface area contributed by atoms with Crippen LogP contribution in [0.3, 0.4) is 0 Å². The number of esters is 1. The Hall–Kier alpha value is -3.23. The predicted octanol–water partition coefficient (Wildman–Crippen LogP) is 1.26. The predicted molar refractivity (Wildman–Crippen MR) is 95.8 cm³/mol. The van der Waals surface area contributed by atoms with E-state index in [1.54, 1.807) is 12.1 Å². The highest BCUT2D eigenvalue weighted by atomic mass is 16.5. The molecule has 1 aromatic carbocycles. The number of hydrogen-bond donors (Lipinski definition) is 2. The molecular weight excluding hydrogens is 356 g/mol. The minimum atomic E-state index is -0.746. The quantitative estimate of drug-likeness (QED) is 0.517. The van der Waals surface area contributed by atoms with Gasteiger partial charge in [0.25, 0.3) is 5.91 Å². The van der Waals surface area contributed by atoms with Gasteiger partial charge in [0.05, 0.1) is 21.3 Å². The minimum Gasteiger partial charge on any atom is -0.496 e. The molecule has 0 saturated heterocycles. The van der Waals surface area contributed by atoms with Gasteiger partial charge in [-0.05, 0) is 25.0 Å². The first-order valence-corrected chi connectivity index (χ1v) is 8.22. The van der Waals surface area contributed by atoms with Crippen LogP contribution in [0.25, 0.3) is 6.08 Å². The molecule has 0 bridgehead atoms. The number of nitrogens with one attached hydrogen (secondary N) is 2. The highest BCUT2D eigenvalue weighted by molar-refractivity contribution is 5.96. The number of benzene rings is 1. The van der Waals surface area contributed by atoms with Crippen molar-refractivity contribution in [2.45, 2.75) is 18.9 Å². The van der Waals surface area contributed by atoms with Crippen LogP contribution in [0.1, 0.15) is 18.4 Å². The van der Waals surface area contributed by atoms with Gasteiger partial charge in [0.1, 0.15) is 5.75 Å². The molecule has 0 aromatic heterocycles. The Balaban J connectivity index is 1.89. The average Bonchev–Trinajstić information content (AvgIpc) is 3.47. The Morgan fingerprint density at radius 2 is 1.67 bits per heavy atom. The molecule has 2 N–H and O–H groups in total. The number of carbonyl (C=O) groups excluding carboxylic acids is 3. The summed E-state index contributed by atoms with van der Waals surface area (Å²) in [4.78, 5) is 34.8. The van der Waals surface area contributed by atoms with Gasteiger partial charge in [0.15, 0.2) is 18.1 Å².